The van der Waals surface area contributed by atoms with Crippen molar-refractivity contribution in [2.24, 2.45) is 0 Å². The molecule has 3 nitrogen and oxygen atoms in total. The Bertz CT molecular complexity index is 314. The summed E-state index contributed by atoms with van der Waals surface area (Å²) in [5.41, 5.74) is 1.27. The highest BCUT2D eigenvalue weighted by molar-refractivity contribution is 5.12. The van der Waals surface area contributed by atoms with E-state index in [0.29, 0.717) is 0 Å². The third kappa shape index (κ3) is 1.70. The van der Waals surface area contributed by atoms with Crippen LogP contribution in [0.3, 0.4) is 0 Å². The van der Waals surface area contributed by atoms with Gasteiger partial charge in [0.25, 0.3) is 0 Å². The zero-order chi connectivity index (χ0) is 10.1. The standard InChI is InChI=1S/C12H17NO2/c1-2-5-12(4-1)9-13-7-11(15-12)10-3-6-14-8-10/h3,6,8,11,13H,1-2,4-5,7,9H2. The van der Waals surface area contributed by atoms with Gasteiger partial charge in [0.05, 0.1) is 24.2 Å². The van der Waals surface area contributed by atoms with Gasteiger partial charge in [0, 0.05) is 18.7 Å². The van der Waals surface area contributed by atoms with Crippen molar-refractivity contribution in [2.45, 2.75) is 37.4 Å². The van der Waals surface area contributed by atoms with Crippen molar-refractivity contribution in [1.29, 1.82) is 0 Å². The molecule has 1 atom stereocenters. The highest BCUT2D eigenvalue weighted by Crippen LogP contribution is 2.39. The topological polar surface area (TPSA) is 34.4 Å². The van der Waals surface area contributed by atoms with Gasteiger partial charge in [-0.05, 0) is 18.9 Å². The molecular formula is C12H17NO2. The molecule has 0 radical (unpaired) electrons. The normalized spacial score (nSPS) is 29.7. The number of nitrogens with one attached hydrogen (secondary N) is 1. The summed E-state index contributed by atoms with van der Waals surface area (Å²) >= 11 is 0. The van der Waals surface area contributed by atoms with E-state index in [4.69, 9.17) is 9.15 Å². The van der Waals surface area contributed by atoms with Gasteiger partial charge in [-0.2, -0.15) is 0 Å². The minimum atomic E-state index is 0.111. The van der Waals surface area contributed by atoms with Gasteiger partial charge >= 0.3 is 0 Å². The van der Waals surface area contributed by atoms with E-state index in [2.05, 4.69) is 5.32 Å². The molecule has 1 aromatic heterocycles. The molecule has 1 spiro atoms. The lowest BCUT2D eigenvalue weighted by molar-refractivity contribution is -0.114. The third-order valence-electron chi connectivity index (χ3n) is 3.60. The molecule has 2 fully saturated rings. The van der Waals surface area contributed by atoms with E-state index >= 15 is 0 Å². The molecule has 3 rings (SSSR count). The first kappa shape index (κ1) is 9.43. The number of ether oxygens (including phenoxy) is 1. The van der Waals surface area contributed by atoms with Crippen LogP contribution >= 0.6 is 0 Å². The summed E-state index contributed by atoms with van der Waals surface area (Å²) < 4.78 is 11.4. The Morgan fingerprint density at radius 3 is 2.93 bits per heavy atom. The summed E-state index contributed by atoms with van der Waals surface area (Å²) in [5.74, 6) is 0. The Balaban J connectivity index is 1.76. The van der Waals surface area contributed by atoms with Crippen molar-refractivity contribution in [3.05, 3.63) is 24.2 Å². The maximum absolute atomic E-state index is 6.26. The highest BCUT2D eigenvalue weighted by atomic mass is 16.5. The number of hydrogen-bond donors (Lipinski definition) is 1. The van der Waals surface area contributed by atoms with Gasteiger partial charge in [-0.3, -0.25) is 0 Å². The molecular weight excluding hydrogens is 190 g/mol. The molecule has 1 saturated carbocycles. The molecule has 2 aliphatic rings. The Kier molecular flexibility index (Phi) is 2.29. The van der Waals surface area contributed by atoms with Crippen molar-refractivity contribution < 1.29 is 9.15 Å². The molecule has 1 aliphatic carbocycles. The summed E-state index contributed by atoms with van der Waals surface area (Å²) in [4.78, 5) is 0. The zero-order valence-corrected chi connectivity index (χ0v) is 8.87. The predicted molar refractivity (Wildman–Crippen MR) is 56.6 cm³/mol. The monoisotopic (exact) mass is 207 g/mol. The summed E-state index contributed by atoms with van der Waals surface area (Å²) in [6.45, 7) is 1.92. The van der Waals surface area contributed by atoms with Gasteiger partial charge in [-0.25, -0.2) is 0 Å². The van der Waals surface area contributed by atoms with E-state index in [0.717, 1.165) is 18.7 Å². The molecule has 15 heavy (non-hydrogen) atoms. The van der Waals surface area contributed by atoms with Crippen LogP contribution in [0.1, 0.15) is 37.4 Å². The molecule has 82 valence electrons. The smallest absolute Gasteiger partial charge is 0.0988 e. The first-order valence-corrected chi connectivity index (χ1v) is 5.79. The lowest BCUT2D eigenvalue weighted by Crippen LogP contribution is -2.49. The van der Waals surface area contributed by atoms with Crippen molar-refractivity contribution in [3.63, 3.8) is 0 Å². The Hall–Kier alpha value is -0.800. The molecule has 3 heteroatoms. The molecule has 0 bridgehead atoms. The first-order valence-electron chi connectivity index (χ1n) is 5.79. The summed E-state index contributed by atoms with van der Waals surface area (Å²) in [7, 11) is 0. The van der Waals surface area contributed by atoms with Gasteiger partial charge in [-0.15, -0.1) is 0 Å². The van der Waals surface area contributed by atoms with Crippen LogP contribution < -0.4 is 5.32 Å². The second-order valence-electron chi connectivity index (χ2n) is 4.68. The van der Waals surface area contributed by atoms with Gasteiger partial charge < -0.3 is 14.5 Å². The molecule has 1 aliphatic heterocycles. The molecule has 0 amide bonds. The zero-order valence-electron chi connectivity index (χ0n) is 8.87. The molecule has 1 saturated heterocycles. The number of rotatable bonds is 1. The molecule has 2 heterocycles. The summed E-state index contributed by atoms with van der Waals surface area (Å²) in [6, 6.07) is 2.00. The van der Waals surface area contributed by atoms with Gasteiger partial charge in [0.2, 0.25) is 0 Å². The van der Waals surface area contributed by atoms with E-state index < -0.39 is 0 Å². The molecule has 1 unspecified atom stereocenters. The van der Waals surface area contributed by atoms with Crippen LogP contribution in [0.2, 0.25) is 0 Å². The van der Waals surface area contributed by atoms with E-state index in [-0.39, 0.29) is 11.7 Å². The fourth-order valence-corrected chi connectivity index (χ4v) is 2.77. The largest absolute Gasteiger partial charge is 0.472 e. The quantitative estimate of drug-likeness (QED) is 0.767. The lowest BCUT2D eigenvalue weighted by Gasteiger charge is -2.39. The van der Waals surface area contributed by atoms with E-state index in [1.165, 1.54) is 25.7 Å². The predicted octanol–water partition coefficient (Wildman–Crippen LogP) is 2.25. The van der Waals surface area contributed by atoms with Crippen LogP contribution in [-0.2, 0) is 4.74 Å². The third-order valence-corrected chi connectivity index (χ3v) is 3.60. The average molecular weight is 207 g/mol. The minimum absolute atomic E-state index is 0.111. The number of hydrogen-bond acceptors (Lipinski definition) is 3. The Labute approximate surface area is 89.8 Å². The van der Waals surface area contributed by atoms with Gasteiger partial charge in [0.1, 0.15) is 0 Å². The summed E-state index contributed by atoms with van der Waals surface area (Å²) in [5, 5.41) is 3.49. The minimum Gasteiger partial charge on any atom is -0.472 e. The first-order chi connectivity index (χ1) is 7.38. The highest BCUT2D eigenvalue weighted by Gasteiger charge is 2.40. The number of morpholine rings is 1. The van der Waals surface area contributed by atoms with E-state index in [1.54, 1.807) is 12.5 Å². The molecule has 0 aromatic carbocycles. The average Bonchev–Trinajstić information content (AvgIpc) is 2.89. The molecule has 1 N–H and O–H groups in total. The SMILES string of the molecule is c1cc(C2CNCC3(CCCC3)O2)co1. The van der Waals surface area contributed by atoms with Gasteiger partial charge in [-0.1, -0.05) is 12.8 Å². The van der Waals surface area contributed by atoms with Crippen molar-refractivity contribution in [1.82, 2.24) is 5.32 Å². The maximum Gasteiger partial charge on any atom is 0.0988 e. The van der Waals surface area contributed by atoms with E-state index in [9.17, 15) is 0 Å². The van der Waals surface area contributed by atoms with Crippen molar-refractivity contribution >= 4 is 0 Å². The van der Waals surface area contributed by atoms with E-state index in [1.807, 2.05) is 6.07 Å². The fourth-order valence-electron chi connectivity index (χ4n) is 2.77. The number of furan rings is 1. The van der Waals surface area contributed by atoms with Crippen LogP contribution in [0.15, 0.2) is 23.0 Å². The maximum atomic E-state index is 6.26. The van der Waals surface area contributed by atoms with Crippen LogP contribution in [0.4, 0.5) is 0 Å². The Morgan fingerprint density at radius 1 is 1.33 bits per heavy atom. The lowest BCUT2D eigenvalue weighted by atomic mass is 9.98. The Morgan fingerprint density at radius 2 is 2.20 bits per heavy atom. The van der Waals surface area contributed by atoms with Crippen LogP contribution in [-0.4, -0.2) is 18.7 Å². The fraction of sp³-hybridized carbons (Fsp3) is 0.667. The second kappa shape index (κ2) is 3.65. The van der Waals surface area contributed by atoms with Crippen LogP contribution in [0.25, 0.3) is 0 Å². The van der Waals surface area contributed by atoms with Crippen molar-refractivity contribution in [2.75, 3.05) is 13.1 Å². The summed E-state index contributed by atoms with van der Waals surface area (Å²) in [6.07, 6.45) is 8.70. The van der Waals surface area contributed by atoms with Crippen LogP contribution in [0.5, 0.6) is 0 Å². The second-order valence-corrected chi connectivity index (χ2v) is 4.68. The van der Waals surface area contributed by atoms with Crippen LogP contribution in [0, 0.1) is 0 Å². The van der Waals surface area contributed by atoms with Gasteiger partial charge in [0.15, 0.2) is 0 Å². The van der Waals surface area contributed by atoms with Crippen molar-refractivity contribution in [3.8, 4) is 0 Å². The molecule has 1 aromatic rings.